The number of fused-ring (bicyclic) bond motifs is 11. The van der Waals surface area contributed by atoms with Gasteiger partial charge in [0, 0.05) is 42.3 Å². The van der Waals surface area contributed by atoms with Gasteiger partial charge in [0.1, 0.15) is 11.2 Å². The van der Waals surface area contributed by atoms with E-state index in [9.17, 15) is 0 Å². The van der Waals surface area contributed by atoms with Crippen LogP contribution in [0.4, 0.5) is 17.1 Å². The summed E-state index contributed by atoms with van der Waals surface area (Å²) in [5, 5.41) is 12.1. The number of rotatable bonds is 6. The van der Waals surface area contributed by atoms with Crippen LogP contribution in [0.3, 0.4) is 0 Å². The Labute approximate surface area is 368 Å². The van der Waals surface area contributed by atoms with E-state index in [4.69, 9.17) is 4.42 Å². The lowest BCUT2D eigenvalue weighted by molar-refractivity contribution is 0.672. The molecular formula is C60H37NOS. The Morgan fingerprint density at radius 2 is 0.889 bits per heavy atom. The van der Waals surface area contributed by atoms with Crippen molar-refractivity contribution >= 4 is 103 Å². The molecule has 0 fully saturated rings. The fourth-order valence-corrected chi connectivity index (χ4v) is 11.1. The van der Waals surface area contributed by atoms with Crippen molar-refractivity contribution in [2.45, 2.75) is 0 Å². The predicted octanol–water partition coefficient (Wildman–Crippen LogP) is 17.9. The normalized spacial score (nSPS) is 11.8. The van der Waals surface area contributed by atoms with Crippen LogP contribution in [0.2, 0.25) is 0 Å². The molecule has 0 atom stereocenters. The van der Waals surface area contributed by atoms with E-state index < -0.39 is 0 Å². The van der Waals surface area contributed by atoms with Gasteiger partial charge in [0.15, 0.2) is 0 Å². The lowest BCUT2D eigenvalue weighted by Gasteiger charge is -2.27. The van der Waals surface area contributed by atoms with Gasteiger partial charge < -0.3 is 9.32 Å². The van der Waals surface area contributed by atoms with Crippen molar-refractivity contribution in [2.75, 3.05) is 4.90 Å². The first-order valence-electron chi connectivity index (χ1n) is 21.5. The summed E-state index contributed by atoms with van der Waals surface area (Å²) in [4.78, 5) is 2.40. The van der Waals surface area contributed by atoms with Gasteiger partial charge in [-0.1, -0.05) is 164 Å². The highest BCUT2D eigenvalue weighted by molar-refractivity contribution is 7.25. The Hall–Kier alpha value is -7.98. The second-order valence-corrected chi connectivity index (χ2v) is 17.4. The number of furan rings is 1. The molecule has 13 rings (SSSR count). The monoisotopic (exact) mass is 819 g/mol. The first-order valence-corrected chi connectivity index (χ1v) is 22.3. The molecule has 0 amide bonds. The number of hydrogen-bond acceptors (Lipinski definition) is 3. The Bertz CT molecular complexity index is 3900. The third kappa shape index (κ3) is 5.71. The van der Waals surface area contributed by atoms with Gasteiger partial charge in [0.05, 0.1) is 11.1 Å². The van der Waals surface area contributed by atoms with Crippen molar-refractivity contribution in [3.63, 3.8) is 0 Å². The molecule has 13 aromatic rings. The molecule has 0 N–H and O–H groups in total. The standard InChI is InChI=1S/C60H37NOS/c1-2-14-40(15-3-1)57-49-20-8-6-17-46(49)47-18-7-9-21-50(47)58(57)41-27-33-44(34-28-41)61(53-22-12-23-54-59(53)51-35-29-39-13-4-5-16-45(39)60(51)62-54)43-31-25-38(26-32-43)42-30-36-56-52(37-42)48-19-10-11-24-55(48)63-56/h1-37H. The van der Waals surface area contributed by atoms with Gasteiger partial charge in [-0.15, -0.1) is 11.3 Å². The van der Waals surface area contributed by atoms with Crippen molar-refractivity contribution in [2.24, 2.45) is 0 Å². The highest BCUT2D eigenvalue weighted by Crippen LogP contribution is 2.48. The van der Waals surface area contributed by atoms with Gasteiger partial charge in [0.25, 0.3) is 0 Å². The zero-order chi connectivity index (χ0) is 41.4. The summed E-state index contributed by atoms with van der Waals surface area (Å²) in [7, 11) is 0. The van der Waals surface area contributed by atoms with E-state index in [-0.39, 0.29) is 0 Å². The van der Waals surface area contributed by atoms with E-state index in [1.165, 1.54) is 80.5 Å². The molecule has 294 valence electrons. The lowest BCUT2D eigenvalue weighted by Crippen LogP contribution is -2.10. The van der Waals surface area contributed by atoms with Crippen LogP contribution in [-0.2, 0) is 0 Å². The number of benzene rings is 11. The van der Waals surface area contributed by atoms with Gasteiger partial charge in [0.2, 0.25) is 0 Å². The Balaban J connectivity index is 1.00. The molecule has 11 aromatic carbocycles. The second kappa shape index (κ2) is 14.3. The molecule has 0 aliphatic carbocycles. The molecule has 2 heterocycles. The topological polar surface area (TPSA) is 16.4 Å². The van der Waals surface area contributed by atoms with Gasteiger partial charge in [-0.25, -0.2) is 0 Å². The molecule has 63 heavy (non-hydrogen) atoms. The maximum Gasteiger partial charge on any atom is 0.143 e. The zero-order valence-electron chi connectivity index (χ0n) is 34.1. The van der Waals surface area contributed by atoms with E-state index in [0.717, 1.165) is 44.4 Å². The molecule has 0 unspecified atom stereocenters. The zero-order valence-corrected chi connectivity index (χ0v) is 34.9. The lowest BCUT2D eigenvalue weighted by atomic mass is 9.85. The maximum atomic E-state index is 6.75. The maximum absolute atomic E-state index is 6.75. The average molecular weight is 820 g/mol. The molecule has 0 spiro atoms. The predicted molar refractivity (Wildman–Crippen MR) is 270 cm³/mol. The summed E-state index contributed by atoms with van der Waals surface area (Å²) < 4.78 is 9.38. The fraction of sp³-hybridized carbons (Fsp3) is 0. The summed E-state index contributed by atoms with van der Waals surface area (Å²) in [6.07, 6.45) is 0. The van der Waals surface area contributed by atoms with Gasteiger partial charge in [-0.05, 0) is 121 Å². The highest BCUT2D eigenvalue weighted by Gasteiger charge is 2.22. The summed E-state index contributed by atoms with van der Waals surface area (Å²) in [6, 6.07) is 81.7. The molecular weight excluding hydrogens is 783 g/mol. The number of thiophene rings is 1. The van der Waals surface area contributed by atoms with Crippen molar-refractivity contribution in [1.29, 1.82) is 0 Å². The molecule has 2 aromatic heterocycles. The van der Waals surface area contributed by atoms with E-state index in [0.29, 0.717) is 0 Å². The Morgan fingerprint density at radius 1 is 0.333 bits per heavy atom. The first-order chi connectivity index (χ1) is 31.2. The molecule has 0 bridgehead atoms. The second-order valence-electron chi connectivity index (χ2n) is 16.4. The third-order valence-electron chi connectivity index (χ3n) is 12.9. The molecule has 0 saturated heterocycles. The van der Waals surface area contributed by atoms with Crippen LogP contribution in [0.25, 0.3) is 108 Å². The SMILES string of the molecule is c1ccc(-c2c(-c3ccc(N(c4ccc(-c5ccc6sc7ccccc7c6c5)cc4)c4cccc5oc6c7ccccc7ccc6c45)cc3)c3ccccc3c3ccccc23)cc1. The number of nitrogens with zero attached hydrogens (tertiary/aromatic N) is 1. The fourth-order valence-electron chi connectivity index (χ4n) is 9.98. The smallest absolute Gasteiger partial charge is 0.143 e. The average Bonchev–Trinajstić information content (AvgIpc) is 3.93. The first kappa shape index (κ1) is 35.7. The van der Waals surface area contributed by atoms with Crippen LogP contribution in [0.15, 0.2) is 229 Å². The quantitative estimate of drug-likeness (QED) is 0.155. The Kier molecular flexibility index (Phi) is 8.12. The van der Waals surface area contributed by atoms with E-state index >= 15 is 0 Å². The number of hydrogen-bond donors (Lipinski definition) is 0. The highest BCUT2D eigenvalue weighted by atomic mass is 32.1. The van der Waals surface area contributed by atoms with Crippen molar-refractivity contribution in [3.05, 3.63) is 224 Å². The minimum atomic E-state index is 0.864. The van der Waals surface area contributed by atoms with Crippen LogP contribution < -0.4 is 4.90 Å². The molecule has 0 aliphatic heterocycles. The van der Waals surface area contributed by atoms with Crippen LogP contribution in [0.5, 0.6) is 0 Å². The van der Waals surface area contributed by atoms with Crippen LogP contribution in [0, 0.1) is 0 Å². The summed E-state index contributed by atoms with van der Waals surface area (Å²) in [5.41, 5.74) is 12.2. The molecule has 0 aliphatic rings. The van der Waals surface area contributed by atoms with Crippen molar-refractivity contribution < 1.29 is 4.42 Å². The number of anilines is 3. The minimum Gasteiger partial charge on any atom is -0.455 e. The van der Waals surface area contributed by atoms with Gasteiger partial charge in [-0.3, -0.25) is 0 Å². The van der Waals surface area contributed by atoms with Crippen molar-refractivity contribution in [1.82, 2.24) is 0 Å². The molecule has 0 radical (unpaired) electrons. The van der Waals surface area contributed by atoms with Gasteiger partial charge >= 0.3 is 0 Å². The van der Waals surface area contributed by atoms with E-state index in [1.54, 1.807) is 0 Å². The van der Waals surface area contributed by atoms with Gasteiger partial charge in [-0.2, -0.15) is 0 Å². The van der Waals surface area contributed by atoms with E-state index in [1.807, 2.05) is 11.3 Å². The minimum absolute atomic E-state index is 0.864. The van der Waals surface area contributed by atoms with Crippen molar-refractivity contribution in [3.8, 4) is 33.4 Å². The molecule has 3 heteroatoms. The largest absolute Gasteiger partial charge is 0.455 e. The van der Waals surface area contributed by atoms with E-state index in [2.05, 4.69) is 229 Å². The van der Waals surface area contributed by atoms with Crippen LogP contribution >= 0.6 is 11.3 Å². The summed E-state index contributed by atoms with van der Waals surface area (Å²) >= 11 is 1.86. The van der Waals surface area contributed by atoms with Crippen LogP contribution in [0.1, 0.15) is 0 Å². The third-order valence-corrected chi connectivity index (χ3v) is 14.0. The Morgan fingerprint density at radius 3 is 1.60 bits per heavy atom. The molecule has 0 saturated carbocycles. The molecule has 2 nitrogen and oxygen atoms in total. The van der Waals surface area contributed by atoms with Crippen LogP contribution in [-0.4, -0.2) is 0 Å². The summed E-state index contributed by atoms with van der Waals surface area (Å²) in [6.45, 7) is 0. The summed E-state index contributed by atoms with van der Waals surface area (Å²) in [5.74, 6) is 0.